The summed E-state index contributed by atoms with van der Waals surface area (Å²) in [5, 5.41) is 1.21. The molecule has 1 aromatic rings. The second-order valence-electron chi connectivity index (χ2n) is 5.31. The minimum Gasteiger partial charge on any atom is -0.378 e. The van der Waals surface area contributed by atoms with Gasteiger partial charge in [0, 0.05) is 31.9 Å². The van der Waals surface area contributed by atoms with Crippen molar-refractivity contribution in [2.75, 3.05) is 33.1 Å². The fourth-order valence-electron chi connectivity index (χ4n) is 2.16. The first-order valence-electron chi connectivity index (χ1n) is 6.57. The van der Waals surface area contributed by atoms with Crippen molar-refractivity contribution in [3.8, 4) is 10.6 Å². The van der Waals surface area contributed by atoms with E-state index in [0.717, 1.165) is 11.2 Å². The number of aromatic nitrogens is 1. The maximum atomic E-state index is 4.75. The summed E-state index contributed by atoms with van der Waals surface area (Å²) in [5.74, 6) is 0. The Bertz CT molecular complexity index is 819. The van der Waals surface area contributed by atoms with Crippen LogP contribution in [-0.4, -0.2) is 33.2 Å². The van der Waals surface area contributed by atoms with Gasteiger partial charge in [-0.15, -0.1) is 11.3 Å². The Hall–Kier alpha value is -1.20. The van der Waals surface area contributed by atoms with Crippen LogP contribution >= 0.6 is 11.3 Å². The van der Waals surface area contributed by atoms with E-state index < -0.39 is 0 Å². The SMILES string of the molecule is CN(C)c1ccc2nc3ccc(=[N+](C)C)cc-3sc2c1.[Ag+]. The van der Waals surface area contributed by atoms with E-state index in [-0.39, 0.29) is 22.4 Å². The number of anilines is 1. The van der Waals surface area contributed by atoms with E-state index in [1.165, 1.54) is 20.6 Å². The molecule has 5 heteroatoms. The Balaban J connectivity index is 0.00000161. The average molecular weight is 392 g/mol. The molecule has 3 nitrogen and oxygen atoms in total. The Morgan fingerprint density at radius 2 is 1.81 bits per heavy atom. The molecule has 21 heavy (non-hydrogen) atoms. The molecule has 0 bridgehead atoms. The topological polar surface area (TPSA) is 19.1 Å². The van der Waals surface area contributed by atoms with Gasteiger partial charge in [0.05, 0.1) is 20.8 Å². The third kappa shape index (κ3) is 3.19. The van der Waals surface area contributed by atoms with Crippen LogP contribution in [0.3, 0.4) is 0 Å². The molecule has 0 radical (unpaired) electrons. The van der Waals surface area contributed by atoms with Gasteiger partial charge in [-0.1, -0.05) is 0 Å². The van der Waals surface area contributed by atoms with Gasteiger partial charge in [0.25, 0.3) is 0 Å². The first-order chi connectivity index (χ1) is 9.54. The smallest absolute Gasteiger partial charge is 0.378 e. The van der Waals surface area contributed by atoms with E-state index in [2.05, 4.69) is 74.1 Å². The van der Waals surface area contributed by atoms with Crippen molar-refractivity contribution < 1.29 is 22.4 Å². The molecule has 0 atom stereocenters. The van der Waals surface area contributed by atoms with Gasteiger partial charge in [-0.05, 0) is 24.3 Å². The quantitative estimate of drug-likeness (QED) is 0.360. The summed E-state index contributed by atoms with van der Waals surface area (Å²) in [4.78, 5) is 8.09. The van der Waals surface area contributed by atoms with Gasteiger partial charge in [-0.2, -0.15) is 0 Å². The van der Waals surface area contributed by atoms with Gasteiger partial charge in [0.1, 0.15) is 14.1 Å². The normalized spacial score (nSPS) is 10.5. The molecule has 0 fully saturated rings. The van der Waals surface area contributed by atoms with Gasteiger partial charge < -0.3 is 4.90 Å². The monoisotopic (exact) mass is 391 g/mol. The predicted octanol–water partition coefficient (Wildman–Crippen LogP) is 2.50. The van der Waals surface area contributed by atoms with Crippen molar-refractivity contribution in [3.05, 3.63) is 41.8 Å². The molecule has 0 aromatic heterocycles. The van der Waals surface area contributed by atoms with Crippen molar-refractivity contribution >= 4 is 27.2 Å². The van der Waals surface area contributed by atoms with Gasteiger partial charge in [-0.25, -0.2) is 9.56 Å². The summed E-state index contributed by atoms with van der Waals surface area (Å²) >= 11 is 1.80. The van der Waals surface area contributed by atoms with Crippen LogP contribution in [0.2, 0.25) is 0 Å². The number of benzene rings is 2. The van der Waals surface area contributed by atoms with Crippen molar-refractivity contribution in [2.45, 2.75) is 0 Å². The van der Waals surface area contributed by atoms with Crippen LogP contribution in [0.1, 0.15) is 0 Å². The maximum absolute atomic E-state index is 4.75. The van der Waals surface area contributed by atoms with Gasteiger partial charge in [0.2, 0.25) is 5.36 Å². The molecule has 0 amide bonds. The number of rotatable bonds is 1. The molecular formula is C16H18AgN3S+2. The molecule has 2 aliphatic rings. The van der Waals surface area contributed by atoms with E-state index in [9.17, 15) is 0 Å². The van der Waals surface area contributed by atoms with Crippen molar-refractivity contribution in [3.63, 3.8) is 0 Å². The molecule has 1 heterocycles. The Morgan fingerprint density at radius 3 is 2.48 bits per heavy atom. The molecule has 0 saturated carbocycles. The Labute approximate surface area is 144 Å². The third-order valence-corrected chi connectivity index (χ3v) is 4.47. The molecule has 0 saturated heterocycles. The van der Waals surface area contributed by atoms with Gasteiger partial charge in [-0.3, -0.25) is 0 Å². The Morgan fingerprint density at radius 1 is 1.05 bits per heavy atom. The van der Waals surface area contributed by atoms with E-state index >= 15 is 0 Å². The molecule has 1 aliphatic heterocycles. The number of hydrogen-bond donors (Lipinski definition) is 0. The summed E-state index contributed by atoms with van der Waals surface area (Å²) in [6.45, 7) is 0. The molecule has 3 rings (SSSR count). The zero-order chi connectivity index (χ0) is 14.3. The second-order valence-corrected chi connectivity index (χ2v) is 6.39. The molecule has 112 valence electrons. The Kier molecular flexibility index (Phi) is 4.84. The maximum Gasteiger partial charge on any atom is 1.00 e. The molecule has 0 unspecified atom stereocenters. The average Bonchev–Trinajstić information content (AvgIpc) is 2.43. The second kappa shape index (κ2) is 6.28. The van der Waals surface area contributed by atoms with Crippen LogP contribution in [0.4, 0.5) is 5.69 Å². The minimum absolute atomic E-state index is 0. The van der Waals surface area contributed by atoms with E-state index in [1.807, 2.05) is 0 Å². The molecule has 0 spiro atoms. The molecular weight excluding hydrogens is 374 g/mol. The van der Waals surface area contributed by atoms with Gasteiger partial charge >= 0.3 is 22.4 Å². The first kappa shape index (κ1) is 16.2. The molecule has 0 N–H and O–H groups in total. The van der Waals surface area contributed by atoms with Gasteiger partial charge in [0.15, 0.2) is 0 Å². The zero-order valence-corrected chi connectivity index (χ0v) is 14.8. The zero-order valence-electron chi connectivity index (χ0n) is 12.5. The van der Waals surface area contributed by atoms with Crippen molar-refractivity contribution in [1.29, 1.82) is 0 Å². The summed E-state index contributed by atoms with van der Waals surface area (Å²) in [7, 11) is 8.24. The summed E-state index contributed by atoms with van der Waals surface area (Å²) < 4.78 is 3.34. The fourth-order valence-corrected chi connectivity index (χ4v) is 3.19. The van der Waals surface area contributed by atoms with Crippen LogP contribution in [-0.2, 0) is 22.4 Å². The van der Waals surface area contributed by atoms with Crippen LogP contribution in [0, 0.1) is 0 Å². The van der Waals surface area contributed by atoms with Crippen molar-refractivity contribution in [2.24, 2.45) is 0 Å². The third-order valence-electron chi connectivity index (χ3n) is 3.38. The van der Waals surface area contributed by atoms with E-state index in [0.29, 0.717) is 0 Å². The minimum atomic E-state index is 0. The summed E-state index contributed by atoms with van der Waals surface area (Å²) in [6, 6.07) is 12.8. The predicted molar refractivity (Wildman–Crippen MR) is 87.7 cm³/mol. The first-order valence-corrected chi connectivity index (χ1v) is 7.38. The summed E-state index contributed by atoms with van der Waals surface area (Å²) in [5.41, 5.74) is 3.33. The van der Waals surface area contributed by atoms with Crippen molar-refractivity contribution in [1.82, 2.24) is 9.56 Å². The van der Waals surface area contributed by atoms with Crippen LogP contribution < -0.4 is 14.8 Å². The van der Waals surface area contributed by atoms with E-state index in [4.69, 9.17) is 4.98 Å². The molecule has 1 aromatic carbocycles. The van der Waals surface area contributed by atoms with Crippen LogP contribution in [0.5, 0.6) is 0 Å². The largest absolute Gasteiger partial charge is 1.00 e. The fraction of sp³-hybridized carbons (Fsp3) is 0.250. The standard InChI is InChI=1S/C16H18N3S.Ag/c1-18(2)11-5-7-13-15(9-11)20-16-10-12(19(3)4)6-8-14(16)17-13;/h5-10H,1-4H3;/q2*+1. The van der Waals surface area contributed by atoms with Crippen LogP contribution in [0.15, 0.2) is 36.4 Å². The van der Waals surface area contributed by atoms with E-state index in [1.54, 1.807) is 11.3 Å². The summed E-state index contributed by atoms with van der Waals surface area (Å²) in [6.07, 6.45) is 0. The van der Waals surface area contributed by atoms with Crippen LogP contribution in [0.25, 0.3) is 20.8 Å². The number of hydrogen-bond acceptors (Lipinski definition) is 3. The molecule has 1 aliphatic carbocycles. The number of fused-ring (bicyclic) bond motifs is 2. The number of nitrogens with zero attached hydrogens (tertiary/aromatic N) is 3.